The lowest BCUT2D eigenvalue weighted by molar-refractivity contribution is 0.603. The molecule has 1 unspecified atom stereocenters. The van der Waals surface area contributed by atoms with Gasteiger partial charge in [-0.05, 0) is 36.6 Å². The van der Waals surface area contributed by atoms with Gasteiger partial charge in [0.05, 0.1) is 0 Å². The highest BCUT2D eigenvalue weighted by Crippen LogP contribution is 2.30. The van der Waals surface area contributed by atoms with Crippen molar-refractivity contribution in [1.82, 2.24) is 15.2 Å². The number of nitrogens with one attached hydrogen (secondary N) is 1. The van der Waals surface area contributed by atoms with Gasteiger partial charge in [0.15, 0.2) is 0 Å². The molecule has 0 aliphatic carbocycles. The number of benzene rings is 1. The molecule has 0 amide bonds. The topological polar surface area (TPSA) is 67.6 Å². The van der Waals surface area contributed by atoms with Crippen LogP contribution in [0.15, 0.2) is 18.2 Å². The van der Waals surface area contributed by atoms with Gasteiger partial charge in [-0.25, -0.2) is 4.39 Å². The molecule has 7 heteroatoms. The van der Waals surface area contributed by atoms with E-state index in [1.807, 2.05) is 0 Å². The Morgan fingerprint density at radius 3 is 2.70 bits per heavy atom. The maximum Gasteiger partial charge on any atom is 0.239 e. The molecule has 3 N–H and O–H groups in total. The minimum Gasteiger partial charge on any atom is -0.367 e. The zero-order chi connectivity index (χ0) is 14.5. The van der Waals surface area contributed by atoms with Crippen LogP contribution < -0.4 is 5.73 Å². The number of aromatic amines is 1. The van der Waals surface area contributed by atoms with Crippen LogP contribution in [0.4, 0.5) is 10.3 Å². The Morgan fingerprint density at radius 2 is 2.10 bits per heavy atom. The number of nitrogen functional groups attached to an aromatic ring is 1. The van der Waals surface area contributed by atoms with E-state index in [9.17, 15) is 4.39 Å². The summed E-state index contributed by atoms with van der Waals surface area (Å²) in [6.07, 6.45) is 2.54. The predicted molar refractivity (Wildman–Crippen MR) is 78.6 cm³/mol. The molecule has 0 aliphatic heterocycles. The molecule has 1 atom stereocenters. The van der Waals surface area contributed by atoms with E-state index in [2.05, 4.69) is 15.2 Å². The van der Waals surface area contributed by atoms with Crippen molar-refractivity contribution >= 4 is 29.2 Å². The summed E-state index contributed by atoms with van der Waals surface area (Å²) in [5.74, 6) is 0.872. The number of hydrogen-bond donors (Lipinski definition) is 2. The van der Waals surface area contributed by atoms with Gasteiger partial charge in [0.1, 0.15) is 11.6 Å². The van der Waals surface area contributed by atoms with Crippen LogP contribution >= 0.6 is 23.2 Å². The standard InChI is InChI=1S/C13H15Cl2FN4/c14-4-2-1-3-11(12-18-13(17)20-19-12)8-5-9(15)7-10(16)6-8/h5-7,11H,1-4H2,(H3,17,18,19,20). The highest BCUT2D eigenvalue weighted by Gasteiger charge is 2.19. The number of halogens is 3. The second-order valence-electron chi connectivity index (χ2n) is 4.52. The fraction of sp³-hybridized carbons (Fsp3) is 0.385. The van der Waals surface area contributed by atoms with Crippen molar-refractivity contribution in [3.05, 3.63) is 40.4 Å². The summed E-state index contributed by atoms with van der Waals surface area (Å²) in [4.78, 5) is 4.14. The number of alkyl halides is 1. The molecule has 20 heavy (non-hydrogen) atoms. The summed E-state index contributed by atoms with van der Waals surface area (Å²) < 4.78 is 13.5. The number of H-pyrrole nitrogens is 1. The van der Waals surface area contributed by atoms with Gasteiger partial charge in [-0.1, -0.05) is 18.0 Å². The molecule has 1 heterocycles. The van der Waals surface area contributed by atoms with Crippen LogP contribution in [0.25, 0.3) is 0 Å². The van der Waals surface area contributed by atoms with Crippen molar-refractivity contribution in [2.75, 3.05) is 11.6 Å². The molecule has 0 bridgehead atoms. The first-order chi connectivity index (χ1) is 9.60. The Labute approximate surface area is 126 Å². The van der Waals surface area contributed by atoms with E-state index >= 15 is 0 Å². The summed E-state index contributed by atoms with van der Waals surface area (Å²) in [5, 5.41) is 6.97. The van der Waals surface area contributed by atoms with Gasteiger partial charge in [0.2, 0.25) is 5.95 Å². The van der Waals surface area contributed by atoms with Crippen LogP contribution in [0, 0.1) is 5.82 Å². The van der Waals surface area contributed by atoms with Crippen LogP contribution in [0.3, 0.4) is 0 Å². The average molecular weight is 317 g/mol. The number of nitrogens with zero attached hydrogens (tertiary/aromatic N) is 2. The van der Waals surface area contributed by atoms with Gasteiger partial charge in [-0.2, -0.15) is 4.98 Å². The van der Waals surface area contributed by atoms with Gasteiger partial charge < -0.3 is 5.73 Å². The summed E-state index contributed by atoms with van der Waals surface area (Å²) in [5.41, 5.74) is 6.29. The van der Waals surface area contributed by atoms with E-state index in [1.54, 1.807) is 6.07 Å². The van der Waals surface area contributed by atoms with Gasteiger partial charge in [-0.3, -0.25) is 5.10 Å². The molecule has 0 spiro atoms. The average Bonchev–Trinajstić information content (AvgIpc) is 2.80. The van der Waals surface area contributed by atoms with E-state index in [4.69, 9.17) is 28.9 Å². The second-order valence-corrected chi connectivity index (χ2v) is 5.33. The SMILES string of the molecule is Nc1n[nH]c(C(CCCCCl)c2cc(F)cc(Cl)c2)n1. The van der Waals surface area contributed by atoms with Gasteiger partial charge >= 0.3 is 0 Å². The summed E-state index contributed by atoms with van der Waals surface area (Å²) in [7, 11) is 0. The first-order valence-corrected chi connectivity index (χ1v) is 7.21. The molecule has 0 saturated heterocycles. The van der Waals surface area contributed by atoms with E-state index < -0.39 is 0 Å². The zero-order valence-corrected chi connectivity index (χ0v) is 12.3. The third kappa shape index (κ3) is 3.84. The minimum atomic E-state index is -0.373. The van der Waals surface area contributed by atoms with Crippen molar-refractivity contribution in [3.8, 4) is 0 Å². The number of unbranched alkanes of at least 4 members (excludes halogenated alkanes) is 1. The van der Waals surface area contributed by atoms with Crippen LogP contribution in [0.1, 0.15) is 36.6 Å². The maximum atomic E-state index is 13.5. The lowest BCUT2D eigenvalue weighted by Gasteiger charge is -2.15. The third-order valence-electron chi connectivity index (χ3n) is 3.01. The lowest BCUT2D eigenvalue weighted by atomic mass is 9.93. The Kier molecular flexibility index (Phi) is 5.20. The molecular weight excluding hydrogens is 302 g/mol. The molecule has 1 aromatic heterocycles. The summed E-state index contributed by atoms with van der Waals surface area (Å²) in [6, 6.07) is 4.46. The van der Waals surface area contributed by atoms with E-state index in [-0.39, 0.29) is 17.7 Å². The van der Waals surface area contributed by atoms with Crippen molar-refractivity contribution in [1.29, 1.82) is 0 Å². The first-order valence-electron chi connectivity index (χ1n) is 6.30. The highest BCUT2D eigenvalue weighted by molar-refractivity contribution is 6.30. The third-order valence-corrected chi connectivity index (χ3v) is 3.50. The van der Waals surface area contributed by atoms with Crippen LogP contribution in [-0.4, -0.2) is 21.1 Å². The quantitative estimate of drug-likeness (QED) is 0.630. The monoisotopic (exact) mass is 316 g/mol. The summed E-state index contributed by atoms with van der Waals surface area (Å²) >= 11 is 11.6. The largest absolute Gasteiger partial charge is 0.367 e. The van der Waals surface area contributed by atoms with Crippen molar-refractivity contribution in [3.63, 3.8) is 0 Å². The van der Waals surface area contributed by atoms with E-state index in [0.717, 1.165) is 24.8 Å². The van der Waals surface area contributed by atoms with Gasteiger partial charge in [0, 0.05) is 16.8 Å². The minimum absolute atomic E-state index is 0.129. The van der Waals surface area contributed by atoms with Crippen LogP contribution in [0.5, 0.6) is 0 Å². The van der Waals surface area contributed by atoms with Crippen LogP contribution in [0.2, 0.25) is 5.02 Å². The molecule has 0 radical (unpaired) electrons. The Bertz CT molecular complexity index is 553. The Morgan fingerprint density at radius 1 is 1.30 bits per heavy atom. The first kappa shape index (κ1) is 15.1. The molecule has 108 valence electrons. The molecule has 4 nitrogen and oxygen atoms in total. The Hall–Kier alpha value is -1.33. The number of aromatic nitrogens is 3. The molecule has 0 aliphatic rings. The highest BCUT2D eigenvalue weighted by atomic mass is 35.5. The molecular formula is C13H15Cl2FN4. The van der Waals surface area contributed by atoms with Crippen LogP contribution in [-0.2, 0) is 0 Å². The lowest BCUT2D eigenvalue weighted by Crippen LogP contribution is -2.05. The molecule has 2 rings (SSSR count). The Balaban J connectivity index is 2.29. The normalized spacial score (nSPS) is 12.6. The van der Waals surface area contributed by atoms with E-state index in [1.165, 1.54) is 12.1 Å². The number of nitrogens with two attached hydrogens (primary N) is 1. The number of hydrogen-bond acceptors (Lipinski definition) is 3. The van der Waals surface area contributed by atoms with Crippen molar-refractivity contribution in [2.45, 2.75) is 25.2 Å². The molecule has 0 saturated carbocycles. The fourth-order valence-corrected chi connectivity index (χ4v) is 2.54. The zero-order valence-electron chi connectivity index (χ0n) is 10.7. The smallest absolute Gasteiger partial charge is 0.239 e. The summed E-state index contributed by atoms with van der Waals surface area (Å²) in [6.45, 7) is 0. The molecule has 2 aromatic rings. The van der Waals surface area contributed by atoms with E-state index in [0.29, 0.717) is 16.7 Å². The fourth-order valence-electron chi connectivity index (χ4n) is 2.12. The van der Waals surface area contributed by atoms with Gasteiger partial charge in [-0.15, -0.1) is 16.7 Å². The second kappa shape index (κ2) is 6.90. The van der Waals surface area contributed by atoms with Gasteiger partial charge in [0.25, 0.3) is 0 Å². The maximum absolute atomic E-state index is 13.5. The van der Waals surface area contributed by atoms with Crippen molar-refractivity contribution in [2.24, 2.45) is 0 Å². The van der Waals surface area contributed by atoms with Crippen molar-refractivity contribution < 1.29 is 4.39 Å². The number of anilines is 1. The number of rotatable bonds is 6. The molecule has 1 aromatic carbocycles. The predicted octanol–water partition coefficient (Wildman–Crippen LogP) is 3.72. The molecule has 0 fully saturated rings.